The van der Waals surface area contributed by atoms with Crippen molar-refractivity contribution < 1.29 is 9.53 Å². The second kappa shape index (κ2) is 5.32. The molecule has 4 heteroatoms. The first-order valence-electron chi connectivity index (χ1n) is 5.25. The third-order valence-corrected chi connectivity index (χ3v) is 2.79. The predicted molar refractivity (Wildman–Crippen MR) is 54.9 cm³/mol. The quantitative estimate of drug-likeness (QED) is 0.646. The van der Waals surface area contributed by atoms with Gasteiger partial charge in [0.2, 0.25) is 5.91 Å². The number of ether oxygens (including phenoxy) is 1. The number of nitrogens with one attached hydrogen (secondary N) is 1. The molecule has 0 atom stereocenters. The van der Waals surface area contributed by atoms with E-state index in [9.17, 15) is 4.79 Å². The van der Waals surface area contributed by atoms with Crippen LogP contribution in [0.3, 0.4) is 0 Å². The summed E-state index contributed by atoms with van der Waals surface area (Å²) in [6.45, 7) is 1.09. The lowest BCUT2D eigenvalue weighted by Crippen LogP contribution is -2.55. The molecule has 0 bridgehead atoms. The van der Waals surface area contributed by atoms with Crippen LogP contribution in [0, 0.1) is 0 Å². The van der Waals surface area contributed by atoms with Crippen LogP contribution in [0.25, 0.3) is 0 Å². The van der Waals surface area contributed by atoms with E-state index in [1.807, 2.05) is 0 Å². The SMILES string of the molecule is COCCNC(=O)C1(N)CCCCC1. The Balaban J connectivity index is 2.33. The lowest BCUT2D eigenvalue weighted by molar-refractivity contribution is -0.127. The number of methoxy groups -OCH3 is 1. The van der Waals surface area contributed by atoms with Crippen LogP contribution in [0.5, 0.6) is 0 Å². The monoisotopic (exact) mass is 200 g/mol. The van der Waals surface area contributed by atoms with Crippen molar-refractivity contribution in [3.8, 4) is 0 Å². The highest BCUT2D eigenvalue weighted by molar-refractivity contribution is 5.86. The average molecular weight is 200 g/mol. The minimum atomic E-state index is -0.619. The number of rotatable bonds is 4. The predicted octanol–water partition coefficient (Wildman–Crippen LogP) is 0.411. The number of amides is 1. The minimum absolute atomic E-state index is 0.0192. The van der Waals surface area contributed by atoms with E-state index in [0.717, 1.165) is 25.7 Å². The number of hydrogen-bond acceptors (Lipinski definition) is 3. The summed E-state index contributed by atoms with van der Waals surface area (Å²) in [5.74, 6) is -0.0192. The van der Waals surface area contributed by atoms with E-state index in [2.05, 4.69) is 5.32 Å². The zero-order valence-corrected chi connectivity index (χ0v) is 8.84. The number of hydrogen-bond donors (Lipinski definition) is 2. The van der Waals surface area contributed by atoms with E-state index in [-0.39, 0.29) is 5.91 Å². The molecular formula is C10H20N2O2. The molecule has 0 spiro atoms. The largest absolute Gasteiger partial charge is 0.383 e. The summed E-state index contributed by atoms with van der Waals surface area (Å²) in [6.07, 6.45) is 4.95. The Morgan fingerprint density at radius 2 is 2.07 bits per heavy atom. The maximum absolute atomic E-state index is 11.7. The van der Waals surface area contributed by atoms with Gasteiger partial charge in [-0.05, 0) is 12.8 Å². The molecule has 0 aliphatic heterocycles. The van der Waals surface area contributed by atoms with Gasteiger partial charge in [-0.25, -0.2) is 0 Å². The van der Waals surface area contributed by atoms with Gasteiger partial charge in [-0.1, -0.05) is 19.3 Å². The first-order chi connectivity index (χ1) is 6.69. The molecule has 1 aliphatic rings. The number of carbonyl (C=O) groups is 1. The maximum Gasteiger partial charge on any atom is 0.240 e. The summed E-state index contributed by atoms with van der Waals surface area (Å²) in [6, 6.07) is 0. The smallest absolute Gasteiger partial charge is 0.240 e. The zero-order valence-electron chi connectivity index (χ0n) is 8.84. The van der Waals surface area contributed by atoms with Crippen LogP contribution >= 0.6 is 0 Å². The summed E-state index contributed by atoms with van der Waals surface area (Å²) in [7, 11) is 1.62. The molecule has 0 aromatic heterocycles. The van der Waals surface area contributed by atoms with Crippen molar-refractivity contribution in [1.82, 2.24) is 5.32 Å². The molecule has 0 aromatic rings. The van der Waals surface area contributed by atoms with Gasteiger partial charge in [0.25, 0.3) is 0 Å². The minimum Gasteiger partial charge on any atom is -0.383 e. The lowest BCUT2D eigenvalue weighted by Gasteiger charge is -2.31. The van der Waals surface area contributed by atoms with Gasteiger partial charge in [0.1, 0.15) is 0 Å². The topological polar surface area (TPSA) is 64.3 Å². The number of nitrogens with two attached hydrogens (primary N) is 1. The molecule has 1 saturated carbocycles. The lowest BCUT2D eigenvalue weighted by atomic mass is 9.82. The van der Waals surface area contributed by atoms with Crippen molar-refractivity contribution in [2.75, 3.05) is 20.3 Å². The fourth-order valence-electron chi connectivity index (χ4n) is 1.85. The Hall–Kier alpha value is -0.610. The fourth-order valence-corrected chi connectivity index (χ4v) is 1.85. The second-order valence-corrected chi connectivity index (χ2v) is 3.97. The molecule has 1 amide bonds. The number of carbonyl (C=O) groups excluding carboxylic acids is 1. The van der Waals surface area contributed by atoms with E-state index in [1.54, 1.807) is 7.11 Å². The van der Waals surface area contributed by atoms with Crippen LogP contribution in [0.1, 0.15) is 32.1 Å². The van der Waals surface area contributed by atoms with E-state index in [0.29, 0.717) is 13.2 Å². The summed E-state index contributed by atoms with van der Waals surface area (Å²) in [4.78, 5) is 11.7. The molecule has 0 aromatic carbocycles. The van der Waals surface area contributed by atoms with Crippen LogP contribution in [-0.2, 0) is 9.53 Å². The summed E-state index contributed by atoms with van der Waals surface area (Å²) in [5, 5.41) is 2.80. The first kappa shape index (κ1) is 11.5. The normalized spacial score (nSPS) is 20.4. The van der Waals surface area contributed by atoms with E-state index >= 15 is 0 Å². The van der Waals surface area contributed by atoms with E-state index in [1.165, 1.54) is 6.42 Å². The molecule has 3 N–H and O–H groups in total. The van der Waals surface area contributed by atoms with Gasteiger partial charge in [0.05, 0.1) is 12.1 Å². The molecule has 0 saturated heterocycles. The molecule has 0 unspecified atom stereocenters. The van der Waals surface area contributed by atoms with Crippen molar-refractivity contribution in [3.63, 3.8) is 0 Å². The second-order valence-electron chi connectivity index (χ2n) is 3.97. The van der Waals surface area contributed by atoms with Crippen molar-refractivity contribution in [2.45, 2.75) is 37.6 Å². The highest BCUT2D eigenvalue weighted by Crippen LogP contribution is 2.25. The summed E-state index contributed by atoms with van der Waals surface area (Å²) in [5.41, 5.74) is 5.41. The Kier molecular flexibility index (Phi) is 4.35. The molecule has 0 heterocycles. The maximum atomic E-state index is 11.7. The van der Waals surface area contributed by atoms with Crippen molar-refractivity contribution in [1.29, 1.82) is 0 Å². The first-order valence-corrected chi connectivity index (χ1v) is 5.25. The Morgan fingerprint density at radius 3 is 2.64 bits per heavy atom. The van der Waals surface area contributed by atoms with E-state index < -0.39 is 5.54 Å². The summed E-state index contributed by atoms with van der Waals surface area (Å²) >= 11 is 0. The molecule has 82 valence electrons. The molecule has 1 rings (SSSR count). The third kappa shape index (κ3) is 2.96. The van der Waals surface area contributed by atoms with Gasteiger partial charge >= 0.3 is 0 Å². The van der Waals surface area contributed by atoms with Crippen LogP contribution in [0.4, 0.5) is 0 Å². The third-order valence-electron chi connectivity index (χ3n) is 2.79. The van der Waals surface area contributed by atoms with Gasteiger partial charge < -0.3 is 15.8 Å². The van der Waals surface area contributed by atoms with Gasteiger partial charge in [-0.3, -0.25) is 4.79 Å². The Labute approximate surface area is 85.2 Å². The summed E-state index contributed by atoms with van der Waals surface area (Å²) < 4.78 is 4.86. The molecule has 14 heavy (non-hydrogen) atoms. The Morgan fingerprint density at radius 1 is 1.43 bits per heavy atom. The Bertz CT molecular complexity index is 189. The fraction of sp³-hybridized carbons (Fsp3) is 0.900. The van der Waals surface area contributed by atoms with Crippen LogP contribution < -0.4 is 11.1 Å². The van der Waals surface area contributed by atoms with Gasteiger partial charge in [-0.2, -0.15) is 0 Å². The molecule has 1 fully saturated rings. The molecule has 1 aliphatic carbocycles. The molecular weight excluding hydrogens is 180 g/mol. The van der Waals surface area contributed by atoms with Crippen molar-refractivity contribution in [3.05, 3.63) is 0 Å². The van der Waals surface area contributed by atoms with Gasteiger partial charge in [-0.15, -0.1) is 0 Å². The van der Waals surface area contributed by atoms with Gasteiger partial charge in [0, 0.05) is 13.7 Å². The highest BCUT2D eigenvalue weighted by atomic mass is 16.5. The van der Waals surface area contributed by atoms with Gasteiger partial charge in [0.15, 0.2) is 0 Å². The van der Waals surface area contributed by atoms with Crippen LogP contribution in [0.15, 0.2) is 0 Å². The molecule has 4 nitrogen and oxygen atoms in total. The standard InChI is InChI=1S/C10H20N2O2/c1-14-8-7-12-9(13)10(11)5-3-2-4-6-10/h2-8,11H2,1H3,(H,12,13). The van der Waals surface area contributed by atoms with Crippen molar-refractivity contribution in [2.24, 2.45) is 5.73 Å². The zero-order chi connectivity index (χ0) is 10.4. The van der Waals surface area contributed by atoms with Crippen LogP contribution in [-0.4, -0.2) is 31.7 Å². The van der Waals surface area contributed by atoms with E-state index in [4.69, 9.17) is 10.5 Å². The van der Waals surface area contributed by atoms with Crippen molar-refractivity contribution >= 4 is 5.91 Å². The van der Waals surface area contributed by atoms with Crippen LogP contribution in [0.2, 0.25) is 0 Å². The molecule has 0 radical (unpaired) electrons. The highest BCUT2D eigenvalue weighted by Gasteiger charge is 2.34. The average Bonchev–Trinajstić information content (AvgIpc) is 2.19.